The molecule has 0 aliphatic heterocycles. The number of carbonyl (C=O) groups excluding carboxylic acids is 1. The first kappa shape index (κ1) is 15.5. The van der Waals surface area contributed by atoms with Gasteiger partial charge in [0.05, 0.1) is 11.6 Å². The Labute approximate surface area is 128 Å². The Morgan fingerprint density at radius 2 is 2.09 bits per heavy atom. The van der Waals surface area contributed by atoms with E-state index >= 15 is 0 Å². The van der Waals surface area contributed by atoms with Crippen LogP contribution in [-0.4, -0.2) is 12.0 Å². The van der Waals surface area contributed by atoms with Gasteiger partial charge in [-0.15, -0.1) is 0 Å². The van der Waals surface area contributed by atoms with Crippen LogP contribution in [-0.2, 0) is 4.79 Å². The SMILES string of the molecule is Cc1ccc(NC(=O)[C@@H](C)Oc2cccc(C#N)c2)cc1F. The number of nitrogens with one attached hydrogen (secondary N) is 1. The number of nitriles is 1. The zero-order valence-electron chi connectivity index (χ0n) is 12.3. The van der Waals surface area contributed by atoms with Crippen molar-refractivity contribution in [3.05, 3.63) is 59.4 Å². The molecular formula is C17H15FN2O2. The highest BCUT2D eigenvalue weighted by Gasteiger charge is 2.15. The zero-order chi connectivity index (χ0) is 16.1. The lowest BCUT2D eigenvalue weighted by Gasteiger charge is -2.15. The van der Waals surface area contributed by atoms with E-state index in [0.29, 0.717) is 22.6 Å². The molecule has 1 amide bonds. The maximum absolute atomic E-state index is 13.4. The minimum atomic E-state index is -0.779. The first-order valence-electron chi connectivity index (χ1n) is 6.73. The minimum absolute atomic E-state index is 0.370. The molecule has 0 fully saturated rings. The van der Waals surface area contributed by atoms with Crippen LogP contribution in [0.1, 0.15) is 18.1 Å². The second-order valence-electron chi connectivity index (χ2n) is 4.85. The van der Waals surface area contributed by atoms with Crippen LogP contribution >= 0.6 is 0 Å². The number of hydrogen-bond acceptors (Lipinski definition) is 3. The van der Waals surface area contributed by atoms with Crippen molar-refractivity contribution in [2.45, 2.75) is 20.0 Å². The van der Waals surface area contributed by atoms with Gasteiger partial charge < -0.3 is 10.1 Å². The molecular weight excluding hydrogens is 283 g/mol. The predicted octanol–water partition coefficient (Wildman–Crippen LogP) is 3.41. The van der Waals surface area contributed by atoms with E-state index in [1.54, 1.807) is 50.2 Å². The van der Waals surface area contributed by atoms with E-state index in [2.05, 4.69) is 5.32 Å². The Hall–Kier alpha value is -2.87. The summed E-state index contributed by atoms with van der Waals surface area (Å²) in [5.74, 6) is -0.351. The number of rotatable bonds is 4. The fourth-order valence-electron chi connectivity index (χ4n) is 1.81. The second kappa shape index (κ2) is 6.72. The van der Waals surface area contributed by atoms with Gasteiger partial charge in [-0.25, -0.2) is 4.39 Å². The number of ether oxygens (including phenoxy) is 1. The third-order valence-electron chi connectivity index (χ3n) is 3.08. The number of carbonyl (C=O) groups is 1. The molecule has 1 atom stereocenters. The van der Waals surface area contributed by atoms with Crippen molar-refractivity contribution in [1.82, 2.24) is 0 Å². The van der Waals surface area contributed by atoms with Crippen LogP contribution in [0.5, 0.6) is 5.75 Å². The van der Waals surface area contributed by atoms with Gasteiger partial charge in [-0.3, -0.25) is 4.79 Å². The lowest BCUT2D eigenvalue weighted by atomic mass is 10.2. The molecule has 0 aliphatic carbocycles. The highest BCUT2D eigenvalue weighted by atomic mass is 19.1. The molecule has 1 N–H and O–H groups in total. The molecule has 2 rings (SSSR count). The summed E-state index contributed by atoms with van der Waals surface area (Å²) >= 11 is 0. The maximum Gasteiger partial charge on any atom is 0.265 e. The van der Waals surface area contributed by atoms with Crippen molar-refractivity contribution >= 4 is 11.6 Å². The van der Waals surface area contributed by atoms with Gasteiger partial charge >= 0.3 is 0 Å². The Balaban J connectivity index is 2.02. The summed E-state index contributed by atoms with van der Waals surface area (Å²) in [6, 6.07) is 13.0. The van der Waals surface area contributed by atoms with Crippen LogP contribution in [0.25, 0.3) is 0 Å². The van der Waals surface area contributed by atoms with E-state index in [-0.39, 0.29) is 5.82 Å². The van der Waals surface area contributed by atoms with Crippen molar-refractivity contribution in [2.24, 2.45) is 0 Å². The van der Waals surface area contributed by atoms with E-state index in [1.165, 1.54) is 6.07 Å². The largest absolute Gasteiger partial charge is 0.481 e. The van der Waals surface area contributed by atoms with Gasteiger partial charge in [0.2, 0.25) is 0 Å². The van der Waals surface area contributed by atoms with Crippen molar-refractivity contribution in [3.63, 3.8) is 0 Å². The van der Waals surface area contributed by atoms with E-state index in [0.717, 1.165) is 0 Å². The molecule has 0 unspecified atom stereocenters. The Morgan fingerprint density at radius 1 is 1.32 bits per heavy atom. The number of hydrogen-bond donors (Lipinski definition) is 1. The predicted molar refractivity (Wildman–Crippen MR) is 81.0 cm³/mol. The average molecular weight is 298 g/mol. The maximum atomic E-state index is 13.4. The van der Waals surface area contributed by atoms with Gasteiger partial charge in [0.1, 0.15) is 11.6 Å². The number of aryl methyl sites for hydroxylation is 1. The van der Waals surface area contributed by atoms with Crippen molar-refractivity contribution in [2.75, 3.05) is 5.32 Å². The topological polar surface area (TPSA) is 62.1 Å². The molecule has 0 radical (unpaired) electrons. The molecule has 0 bridgehead atoms. The summed E-state index contributed by atoms with van der Waals surface area (Å²) in [5.41, 5.74) is 1.33. The molecule has 2 aromatic carbocycles. The fourth-order valence-corrected chi connectivity index (χ4v) is 1.81. The highest BCUT2D eigenvalue weighted by molar-refractivity contribution is 5.94. The van der Waals surface area contributed by atoms with Gasteiger partial charge in [0.25, 0.3) is 5.91 Å². The molecule has 22 heavy (non-hydrogen) atoms. The quantitative estimate of drug-likeness (QED) is 0.940. The van der Waals surface area contributed by atoms with Gasteiger partial charge in [0.15, 0.2) is 6.10 Å². The van der Waals surface area contributed by atoms with Gasteiger partial charge in [-0.1, -0.05) is 12.1 Å². The van der Waals surface area contributed by atoms with Gasteiger partial charge in [-0.2, -0.15) is 5.26 Å². The van der Waals surface area contributed by atoms with E-state index < -0.39 is 12.0 Å². The summed E-state index contributed by atoms with van der Waals surface area (Å²) in [4.78, 5) is 12.0. The van der Waals surface area contributed by atoms with E-state index in [1.807, 2.05) is 6.07 Å². The van der Waals surface area contributed by atoms with Crippen molar-refractivity contribution in [1.29, 1.82) is 5.26 Å². The third-order valence-corrected chi connectivity index (χ3v) is 3.08. The summed E-state index contributed by atoms with van der Waals surface area (Å²) in [6.45, 7) is 3.23. The van der Waals surface area contributed by atoms with Crippen molar-refractivity contribution < 1.29 is 13.9 Å². The molecule has 0 heterocycles. The monoisotopic (exact) mass is 298 g/mol. The number of anilines is 1. The normalized spacial score (nSPS) is 11.4. The van der Waals surface area contributed by atoms with Crippen LogP contribution < -0.4 is 10.1 Å². The Morgan fingerprint density at radius 3 is 2.77 bits per heavy atom. The molecule has 0 saturated heterocycles. The van der Waals surface area contributed by atoms with E-state index in [9.17, 15) is 9.18 Å². The fraction of sp³-hybridized carbons (Fsp3) is 0.176. The summed E-state index contributed by atoms with van der Waals surface area (Å²) in [7, 11) is 0. The van der Waals surface area contributed by atoms with Crippen LogP contribution in [0.2, 0.25) is 0 Å². The second-order valence-corrected chi connectivity index (χ2v) is 4.85. The smallest absolute Gasteiger partial charge is 0.265 e. The molecule has 5 heteroatoms. The first-order valence-corrected chi connectivity index (χ1v) is 6.73. The summed E-state index contributed by atoms with van der Waals surface area (Å²) in [5, 5.41) is 11.4. The molecule has 2 aromatic rings. The minimum Gasteiger partial charge on any atom is -0.481 e. The summed E-state index contributed by atoms with van der Waals surface area (Å²) < 4.78 is 18.9. The Kier molecular flexibility index (Phi) is 4.74. The zero-order valence-corrected chi connectivity index (χ0v) is 12.3. The number of amides is 1. The first-order chi connectivity index (χ1) is 10.5. The van der Waals surface area contributed by atoms with Crippen LogP contribution in [0.3, 0.4) is 0 Å². The molecule has 0 aliphatic rings. The third kappa shape index (κ3) is 3.83. The highest BCUT2D eigenvalue weighted by Crippen LogP contribution is 2.17. The molecule has 0 aromatic heterocycles. The lowest BCUT2D eigenvalue weighted by Crippen LogP contribution is -2.30. The average Bonchev–Trinajstić information content (AvgIpc) is 2.51. The standard InChI is InChI=1S/C17H15FN2O2/c1-11-6-7-14(9-16(11)18)20-17(21)12(2)22-15-5-3-4-13(8-15)10-19/h3-9,12H,1-2H3,(H,20,21)/t12-/m1/s1. The number of benzene rings is 2. The Bertz CT molecular complexity index is 738. The molecule has 4 nitrogen and oxygen atoms in total. The molecule has 0 saturated carbocycles. The van der Waals surface area contributed by atoms with Crippen molar-refractivity contribution in [3.8, 4) is 11.8 Å². The van der Waals surface area contributed by atoms with Gasteiger partial charge in [-0.05, 0) is 49.7 Å². The van der Waals surface area contributed by atoms with Crippen LogP contribution in [0.15, 0.2) is 42.5 Å². The number of halogens is 1. The lowest BCUT2D eigenvalue weighted by molar-refractivity contribution is -0.122. The summed E-state index contributed by atoms with van der Waals surface area (Å²) in [6.07, 6.45) is -0.779. The van der Waals surface area contributed by atoms with E-state index in [4.69, 9.17) is 10.00 Å². The van der Waals surface area contributed by atoms with Crippen LogP contribution in [0.4, 0.5) is 10.1 Å². The molecule has 112 valence electrons. The van der Waals surface area contributed by atoms with Crippen LogP contribution in [0, 0.1) is 24.1 Å². The number of nitrogens with zero attached hydrogens (tertiary/aromatic N) is 1. The van der Waals surface area contributed by atoms with Gasteiger partial charge in [0, 0.05) is 5.69 Å². The molecule has 0 spiro atoms.